The van der Waals surface area contributed by atoms with Gasteiger partial charge in [-0.25, -0.2) is 4.98 Å². The van der Waals surface area contributed by atoms with E-state index in [1.54, 1.807) is 12.1 Å². The highest BCUT2D eigenvalue weighted by molar-refractivity contribution is 6.29. The first-order valence-electron chi connectivity index (χ1n) is 7.12. The van der Waals surface area contributed by atoms with E-state index in [-0.39, 0.29) is 11.9 Å². The summed E-state index contributed by atoms with van der Waals surface area (Å²) in [7, 11) is 0. The zero-order valence-corrected chi connectivity index (χ0v) is 13.1. The van der Waals surface area contributed by atoms with Gasteiger partial charge in [-0.1, -0.05) is 18.5 Å². The molecule has 2 heterocycles. The summed E-state index contributed by atoms with van der Waals surface area (Å²) in [4.78, 5) is 20.5. The maximum absolute atomic E-state index is 12.5. The van der Waals surface area contributed by atoms with Crippen LogP contribution in [-0.4, -0.2) is 52.9 Å². The predicted molar refractivity (Wildman–Crippen MR) is 81.2 cm³/mol. The van der Waals surface area contributed by atoms with Gasteiger partial charge in [0, 0.05) is 37.4 Å². The fourth-order valence-corrected chi connectivity index (χ4v) is 2.85. The van der Waals surface area contributed by atoms with Crippen LogP contribution in [0.4, 0.5) is 0 Å². The van der Waals surface area contributed by atoms with Gasteiger partial charge in [-0.15, -0.1) is 0 Å². The van der Waals surface area contributed by atoms with E-state index < -0.39 is 0 Å². The summed E-state index contributed by atoms with van der Waals surface area (Å²) in [5.41, 5.74) is 1.31. The lowest BCUT2D eigenvalue weighted by molar-refractivity contribution is 0.0604. The molecular weight excluding hydrogens is 288 g/mol. The molecule has 0 bridgehead atoms. The molecule has 21 heavy (non-hydrogen) atoms. The van der Waals surface area contributed by atoms with Gasteiger partial charge in [0.25, 0.3) is 5.91 Å². The Balaban J connectivity index is 2.02. The third-order valence-electron chi connectivity index (χ3n) is 3.75. The molecule has 1 unspecified atom stereocenters. The lowest BCUT2D eigenvalue weighted by Crippen LogP contribution is -2.51. The van der Waals surface area contributed by atoms with Crippen LogP contribution < -0.4 is 0 Å². The maximum Gasteiger partial charge on any atom is 0.254 e. The van der Waals surface area contributed by atoms with Crippen LogP contribution in [0.15, 0.2) is 12.1 Å². The second-order valence-corrected chi connectivity index (χ2v) is 5.59. The minimum Gasteiger partial charge on any atom is -0.336 e. The summed E-state index contributed by atoms with van der Waals surface area (Å²) in [6, 6.07) is 5.61. The van der Waals surface area contributed by atoms with Crippen molar-refractivity contribution in [2.24, 2.45) is 0 Å². The van der Waals surface area contributed by atoms with Crippen molar-refractivity contribution >= 4 is 17.5 Å². The normalized spacial score (nSPS) is 17.3. The molecule has 0 spiro atoms. The third kappa shape index (κ3) is 3.72. The molecule has 1 aromatic rings. The molecule has 1 aliphatic rings. The maximum atomic E-state index is 12.5. The number of aromatic nitrogens is 1. The van der Waals surface area contributed by atoms with Crippen molar-refractivity contribution < 1.29 is 4.79 Å². The Morgan fingerprint density at radius 1 is 1.43 bits per heavy atom. The van der Waals surface area contributed by atoms with E-state index in [0.29, 0.717) is 23.8 Å². The summed E-state index contributed by atoms with van der Waals surface area (Å²) in [5, 5.41) is 9.44. The highest BCUT2D eigenvalue weighted by Crippen LogP contribution is 2.15. The highest BCUT2D eigenvalue weighted by Gasteiger charge is 2.26. The first-order chi connectivity index (χ1) is 10.0. The number of nitriles is 1. The molecule has 0 aromatic carbocycles. The fourth-order valence-electron chi connectivity index (χ4n) is 2.60. The lowest BCUT2D eigenvalue weighted by atomic mass is 10.1. The van der Waals surface area contributed by atoms with Crippen molar-refractivity contribution in [3.05, 3.63) is 28.5 Å². The van der Waals surface area contributed by atoms with Gasteiger partial charge in [0.15, 0.2) is 0 Å². The molecule has 112 valence electrons. The van der Waals surface area contributed by atoms with E-state index in [1.165, 1.54) is 0 Å². The molecule has 1 aromatic heterocycles. The molecule has 1 saturated heterocycles. The van der Waals surface area contributed by atoms with E-state index in [0.717, 1.165) is 25.2 Å². The Kier molecular flexibility index (Phi) is 5.16. The first-order valence-corrected chi connectivity index (χ1v) is 7.50. The van der Waals surface area contributed by atoms with E-state index in [9.17, 15) is 4.79 Å². The number of piperazine rings is 1. The molecule has 1 fully saturated rings. The fraction of sp³-hybridized carbons (Fsp3) is 0.533. The zero-order chi connectivity index (χ0) is 15.4. The van der Waals surface area contributed by atoms with Crippen molar-refractivity contribution in [2.45, 2.75) is 26.3 Å². The van der Waals surface area contributed by atoms with Gasteiger partial charge in [-0.3, -0.25) is 9.69 Å². The van der Waals surface area contributed by atoms with Gasteiger partial charge >= 0.3 is 0 Å². The van der Waals surface area contributed by atoms with Gasteiger partial charge in [0.05, 0.1) is 12.1 Å². The quantitative estimate of drug-likeness (QED) is 0.802. The standard InChI is InChI=1S/C15H19ClN4O/c1-3-13(10-17)19-4-6-20(7-5-19)15(21)12-8-11(2)18-14(16)9-12/h8-9,13H,3-7H2,1-2H3. The van der Waals surface area contributed by atoms with Crippen LogP contribution in [0.1, 0.15) is 29.4 Å². The number of aryl methyl sites for hydroxylation is 1. The Morgan fingerprint density at radius 3 is 2.62 bits per heavy atom. The van der Waals surface area contributed by atoms with Crippen LogP contribution in [0.25, 0.3) is 0 Å². The van der Waals surface area contributed by atoms with Crippen LogP contribution in [-0.2, 0) is 0 Å². The Morgan fingerprint density at radius 2 is 2.10 bits per heavy atom. The SMILES string of the molecule is CCC(C#N)N1CCN(C(=O)c2cc(C)nc(Cl)c2)CC1. The second-order valence-electron chi connectivity index (χ2n) is 5.20. The van der Waals surface area contributed by atoms with Gasteiger partial charge in [0.2, 0.25) is 0 Å². The molecule has 6 heteroatoms. The van der Waals surface area contributed by atoms with E-state index in [4.69, 9.17) is 16.9 Å². The average molecular weight is 307 g/mol. The van der Waals surface area contributed by atoms with Crippen molar-refractivity contribution in [1.29, 1.82) is 5.26 Å². The topological polar surface area (TPSA) is 60.2 Å². The second kappa shape index (κ2) is 6.88. The number of hydrogen-bond acceptors (Lipinski definition) is 4. The summed E-state index contributed by atoms with van der Waals surface area (Å²) in [5.74, 6) is -0.0212. The van der Waals surface area contributed by atoms with Gasteiger partial charge in [-0.2, -0.15) is 5.26 Å². The smallest absolute Gasteiger partial charge is 0.254 e. The predicted octanol–water partition coefficient (Wildman–Crippen LogP) is 2.10. The van der Waals surface area contributed by atoms with Crippen LogP contribution in [0.2, 0.25) is 5.15 Å². The monoisotopic (exact) mass is 306 g/mol. The van der Waals surface area contributed by atoms with Gasteiger partial charge in [-0.05, 0) is 25.5 Å². The van der Waals surface area contributed by atoms with Crippen LogP contribution in [0, 0.1) is 18.3 Å². The van der Waals surface area contributed by atoms with Crippen molar-refractivity contribution in [3.8, 4) is 6.07 Å². The van der Waals surface area contributed by atoms with Crippen LogP contribution >= 0.6 is 11.6 Å². The molecule has 1 amide bonds. The summed E-state index contributed by atoms with van der Waals surface area (Å²) in [6.45, 7) is 6.56. The molecular formula is C15H19ClN4O. The number of nitrogens with zero attached hydrogens (tertiary/aromatic N) is 4. The Bertz CT molecular complexity index is 541. The third-order valence-corrected chi connectivity index (χ3v) is 3.94. The molecule has 0 N–H and O–H groups in total. The number of rotatable bonds is 3. The average Bonchev–Trinajstić information content (AvgIpc) is 2.47. The number of carbonyl (C=O) groups is 1. The largest absolute Gasteiger partial charge is 0.336 e. The minimum absolute atomic E-state index is 0.0212. The van der Waals surface area contributed by atoms with Crippen LogP contribution in [0.5, 0.6) is 0 Å². The van der Waals surface area contributed by atoms with Crippen molar-refractivity contribution in [2.75, 3.05) is 26.2 Å². The molecule has 1 aliphatic heterocycles. The van der Waals surface area contributed by atoms with Gasteiger partial charge in [0.1, 0.15) is 5.15 Å². The van der Waals surface area contributed by atoms with Crippen LogP contribution in [0.3, 0.4) is 0 Å². The summed E-state index contributed by atoms with van der Waals surface area (Å²) < 4.78 is 0. The molecule has 0 aliphatic carbocycles. The number of hydrogen-bond donors (Lipinski definition) is 0. The van der Waals surface area contributed by atoms with Crippen molar-refractivity contribution in [3.63, 3.8) is 0 Å². The molecule has 2 rings (SSSR count). The lowest BCUT2D eigenvalue weighted by Gasteiger charge is -2.36. The molecule has 0 radical (unpaired) electrons. The van der Waals surface area contributed by atoms with E-state index >= 15 is 0 Å². The summed E-state index contributed by atoms with van der Waals surface area (Å²) >= 11 is 5.91. The van der Waals surface area contributed by atoms with E-state index in [2.05, 4.69) is 16.0 Å². The number of carbonyl (C=O) groups excluding carboxylic acids is 1. The Labute approximate surface area is 130 Å². The van der Waals surface area contributed by atoms with Gasteiger partial charge < -0.3 is 4.90 Å². The molecule has 5 nitrogen and oxygen atoms in total. The van der Waals surface area contributed by atoms with E-state index in [1.807, 2.05) is 18.7 Å². The number of pyridine rings is 1. The molecule has 1 atom stereocenters. The first kappa shape index (κ1) is 15.7. The highest BCUT2D eigenvalue weighted by atomic mass is 35.5. The minimum atomic E-state index is -0.0557. The Hall–Kier alpha value is -1.64. The summed E-state index contributed by atoms with van der Waals surface area (Å²) in [6.07, 6.45) is 0.809. The molecule has 0 saturated carbocycles. The number of halogens is 1. The zero-order valence-electron chi connectivity index (χ0n) is 12.3. The number of amides is 1. The van der Waals surface area contributed by atoms with Crippen molar-refractivity contribution in [1.82, 2.24) is 14.8 Å².